The number of guanidine groups is 1. The average molecular weight is 515 g/mol. The summed E-state index contributed by atoms with van der Waals surface area (Å²) in [7, 11) is 0. The minimum absolute atomic E-state index is 0. The fraction of sp³-hybridized carbons (Fsp3) is 0.636. The molecule has 0 bridgehead atoms. The lowest BCUT2D eigenvalue weighted by atomic mass is 10.1. The van der Waals surface area contributed by atoms with Crippen molar-refractivity contribution in [3.8, 4) is 0 Å². The molecule has 3 N–H and O–H groups in total. The van der Waals surface area contributed by atoms with Crippen LogP contribution < -0.4 is 16.0 Å². The van der Waals surface area contributed by atoms with Gasteiger partial charge in [0.1, 0.15) is 6.54 Å². The molecule has 1 unspecified atom stereocenters. The first kappa shape index (κ1) is 25.7. The topological polar surface area (TPSA) is 68.8 Å². The number of hydrogen-bond donors (Lipinski definition) is 3. The van der Waals surface area contributed by atoms with Crippen molar-refractivity contribution >= 4 is 35.8 Å². The second-order valence-corrected chi connectivity index (χ2v) is 8.57. The molecular formula is C22H38IN5O. The largest absolute Gasteiger partial charge is 0.357 e. The van der Waals surface area contributed by atoms with Gasteiger partial charge in [0.25, 0.3) is 0 Å². The van der Waals surface area contributed by atoms with Gasteiger partial charge in [0.05, 0.1) is 0 Å². The standard InChI is InChI=1S/C22H37N5O.HI/c1-5-23-21(25-16-20(28)26-22(2,3)4)24-15-19-12-14-27(17-19)13-11-18-9-7-6-8-10-18;/h6-10,19H,5,11-17H2,1-4H3,(H,26,28)(H2,23,24,25);1H. The van der Waals surface area contributed by atoms with Crippen LogP contribution in [0.4, 0.5) is 0 Å². The van der Waals surface area contributed by atoms with Gasteiger partial charge in [-0.25, -0.2) is 4.99 Å². The van der Waals surface area contributed by atoms with Crippen LogP contribution in [-0.4, -0.2) is 61.6 Å². The Kier molecular flexibility index (Phi) is 11.6. The van der Waals surface area contributed by atoms with Crippen LogP contribution in [0.25, 0.3) is 0 Å². The van der Waals surface area contributed by atoms with Gasteiger partial charge in [0, 0.05) is 31.7 Å². The summed E-state index contributed by atoms with van der Waals surface area (Å²) in [6.45, 7) is 13.1. The Bertz CT molecular complexity index is 630. The van der Waals surface area contributed by atoms with Crippen molar-refractivity contribution in [2.24, 2.45) is 10.9 Å². The highest BCUT2D eigenvalue weighted by Crippen LogP contribution is 2.16. The number of likely N-dealkylation sites (tertiary alicyclic amines) is 1. The highest BCUT2D eigenvalue weighted by atomic mass is 127. The van der Waals surface area contributed by atoms with Gasteiger partial charge in [-0.1, -0.05) is 30.3 Å². The summed E-state index contributed by atoms with van der Waals surface area (Å²) >= 11 is 0. The molecule has 2 rings (SSSR count). The third-order valence-electron chi connectivity index (χ3n) is 4.73. The second kappa shape index (κ2) is 13.1. The van der Waals surface area contributed by atoms with E-state index in [4.69, 9.17) is 0 Å². The van der Waals surface area contributed by atoms with E-state index in [0.29, 0.717) is 11.9 Å². The highest BCUT2D eigenvalue weighted by molar-refractivity contribution is 14.0. The van der Waals surface area contributed by atoms with Gasteiger partial charge in [0.2, 0.25) is 5.91 Å². The summed E-state index contributed by atoms with van der Waals surface area (Å²) in [6, 6.07) is 10.7. The summed E-state index contributed by atoms with van der Waals surface area (Å²) in [5.74, 6) is 1.27. The maximum absolute atomic E-state index is 12.0. The van der Waals surface area contributed by atoms with E-state index in [1.807, 2.05) is 27.7 Å². The van der Waals surface area contributed by atoms with Crippen LogP contribution in [0.1, 0.15) is 39.7 Å². The zero-order chi connectivity index (χ0) is 20.4. The molecule has 1 atom stereocenters. The number of amides is 1. The minimum atomic E-state index is -0.231. The zero-order valence-electron chi connectivity index (χ0n) is 18.3. The lowest BCUT2D eigenvalue weighted by Gasteiger charge is -2.20. The number of carbonyl (C=O) groups excluding carboxylic acids is 1. The molecule has 1 aromatic rings. The van der Waals surface area contributed by atoms with Gasteiger partial charge in [-0.05, 0) is 58.6 Å². The minimum Gasteiger partial charge on any atom is -0.357 e. The van der Waals surface area contributed by atoms with E-state index in [1.54, 1.807) is 0 Å². The van der Waals surface area contributed by atoms with Crippen LogP contribution in [-0.2, 0) is 11.2 Å². The highest BCUT2D eigenvalue weighted by Gasteiger charge is 2.22. The van der Waals surface area contributed by atoms with E-state index >= 15 is 0 Å². The fourth-order valence-corrected chi connectivity index (χ4v) is 3.41. The number of halogens is 1. The lowest BCUT2D eigenvalue weighted by Crippen LogP contribution is -2.44. The number of aliphatic imine (C=N–C) groups is 1. The molecule has 1 heterocycles. The smallest absolute Gasteiger partial charge is 0.242 e. The first-order valence-electron chi connectivity index (χ1n) is 10.4. The molecule has 1 saturated heterocycles. The molecule has 0 aromatic heterocycles. The van der Waals surface area contributed by atoms with E-state index < -0.39 is 0 Å². The third kappa shape index (κ3) is 10.8. The predicted octanol–water partition coefficient (Wildman–Crippen LogP) is 2.64. The van der Waals surface area contributed by atoms with Crippen LogP contribution in [0.5, 0.6) is 0 Å². The Morgan fingerprint density at radius 2 is 1.93 bits per heavy atom. The number of benzene rings is 1. The molecule has 6 nitrogen and oxygen atoms in total. The second-order valence-electron chi connectivity index (χ2n) is 8.57. The maximum Gasteiger partial charge on any atom is 0.242 e. The van der Waals surface area contributed by atoms with E-state index in [9.17, 15) is 4.79 Å². The van der Waals surface area contributed by atoms with Gasteiger partial charge in [-0.3, -0.25) is 4.79 Å². The normalized spacial score (nSPS) is 17.5. The summed E-state index contributed by atoms with van der Waals surface area (Å²) in [5.41, 5.74) is 1.17. The van der Waals surface area contributed by atoms with Crippen molar-refractivity contribution in [3.63, 3.8) is 0 Å². The SMILES string of the molecule is CCNC(=NCC(=O)NC(C)(C)C)NCC1CCN(CCc2ccccc2)C1.I. The molecule has 0 spiro atoms. The third-order valence-corrected chi connectivity index (χ3v) is 4.73. The zero-order valence-corrected chi connectivity index (χ0v) is 20.7. The molecule has 1 aliphatic rings. The number of rotatable bonds is 8. The van der Waals surface area contributed by atoms with Gasteiger partial charge in [-0.2, -0.15) is 0 Å². The quantitative estimate of drug-likeness (QED) is 0.283. The van der Waals surface area contributed by atoms with E-state index in [2.05, 4.69) is 56.2 Å². The fourth-order valence-electron chi connectivity index (χ4n) is 3.41. The Morgan fingerprint density at radius 3 is 2.59 bits per heavy atom. The molecule has 1 fully saturated rings. The predicted molar refractivity (Wildman–Crippen MR) is 132 cm³/mol. The first-order chi connectivity index (χ1) is 13.4. The van der Waals surface area contributed by atoms with Crippen molar-refractivity contribution in [2.45, 2.75) is 46.1 Å². The van der Waals surface area contributed by atoms with E-state index in [1.165, 1.54) is 12.0 Å². The number of nitrogens with zero attached hydrogens (tertiary/aromatic N) is 2. The van der Waals surface area contributed by atoms with Crippen LogP contribution in [0.15, 0.2) is 35.3 Å². The molecule has 7 heteroatoms. The summed E-state index contributed by atoms with van der Waals surface area (Å²) in [5, 5.41) is 9.57. The molecule has 0 aliphatic carbocycles. The summed E-state index contributed by atoms with van der Waals surface area (Å²) in [4.78, 5) is 18.9. The van der Waals surface area contributed by atoms with Gasteiger partial charge in [-0.15, -0.1) is 24.0 Å². The monoisotopic (exact) mass is 515 g/mol. The number of carbonyl (C=O) groups is 1. The van der Waals surface area contributed by atoms with Gasteiger partial charge in [0.15, 0.2) is 5.96 Å². The molecule has 164 valence electrons. The van der Waals surface area contributed by atoms with Crippen LogP contribution >= 0.6 is 24.0 Å². The van der Waals surface area contributed by atoms with Crippen molar-refractivity contribution in [1.82, 2.24) is 20.9 Å². The number of nitrogens with one attached hydrogen (secondary N) is 3. The lowest BCUT2D eigenvalue weighted by molar-refractivity contribution is -0.121. The summed E-state index contributed by atoms with van der Waals surface area (Å²) in [6.07, 6.45) is 2.31. The average Bonchev–Trinajstić information content (AvgIpc) is 3.10. The Balaban J connectivity index is 0.00000420. The van der Waals surface area contributed by atoms with Gasteiger partial charge >= 0.3 is 0 Å². The van der Waals surface area contributed by atoms with Gasteiger partial charge < -0.3 is 20.9 Å². The summed E-state index contributed by atoms with van der Waals surface area (Å²) < 4.78 is 0. The molecule has 1 amide bonds. The number of hydrogen-bond acceptors (Lipinski definition) is 3. The van der Waals surface area contributed by atoms with Crippen molar-refractivity contribution < 1.29 is 4.79 Å². The van der Waals surface area contributed by atoms with Crippen molar-refractivity contribution in [2.75, 3.05) is 39.3 Å². The van der Waals surface area contributed by atoms with Crippen molar-refractivity contribution in [1.29, 1.82) is 0 Å². The van der Waals surface area contributed by atoms with Crippen molar-refractivity contribution in [3.05, 3.63) is 35.9 Å². The van der Waals surface area contributed by atoms with E-state index in [-0.39, 0.29) is 42.0 Å². The van der Waals surface area contributed by atoms with E-state index in [0.717, 1.165) is 39.1 Å². The Hall–Kier alpha value is -1.35. The molecular weight excluding hydrogens is 477 g/mol. The maximum atomic E-state index is 12.0. The van der Waals surface area contributed by atoms with Crippen LogP contribution in [0.3, 0.4) is 0 Å². The van der Waals surface area contributed by atoms with Crippen LogP contribution in [0.2, 0.25) is 0 Å². The van der Waals surface area contributed by atoms with Crippen LogP contribution in [0, 0.1) is 5.92 Å². The first-order valence-corrected chi connectivity index (χ1v) is 10.4. The molecule has 0 radical (unpaired) electrons. The molecule has 0 saturated carbocycles. The molecule has 1 aromatic carbocycles. The Labute approximate surface area is 193 Å². The molecule has 29 heavy (non-hydrogen) atoms. The molecule has 1 aliphatic heterocycles. The Morgan fingerprint density at radius 1 is 1.21 bits per heavy atom.